The first kappa shape index (κ1) is 15.8. The number of nitrogens with one attached hydrogen (secondary N) is 1. The van der Waals surface area contributed by atoms with E-state index in [0.29, 0.717) is 5.13 Å². The van der Waals surface area contributed by atoms with Gasteiger partial charge in [0.05, 0.1) is 12.7 Å². The minimum absolute atomic E-state index is 0.134. The van der Waals surface area contributed by atoms with Crippen molar-refractivity contribution < 1.29 is 9.21 Å². The number of hydrogen-bond acceptors (Lipinski definition) is 6. The molecule has 0 bridgehead atoms. The van der Waals surface area contributed by atoms with Crippen LogP contribution in [-0.4, -0.2) is 21.9 Å². The van der Waals surface area contributed by atoms with E-state index in [4.69, 9.17) is 4.42 Å². The van der Waals surface area contributed by atoms with Gasteiger partial charge in [0.25, 0.3) is 0 Å². The molecule has 0 aliphatic heterocycles. The van der Waals surface area contributed by atoms with Crippen molar-refractivity contribution in [2.24, 2.45) is 0 Å². The van der Waals surface area contributed by atoms with Gasteiger partial charge < -0.3 is 9.73 Å². The molecular formula is C16H15N3O2S2. The van der Waals surface area contributed by atoms with E-state index in [2.05, 4.69) is 22.1 Å². The van der Waals surface area contributed by atoms with Crippen molar-refractivity contribution in [3.05, 3.63) is 48.2 Å². The number of fused-ring (bicyclic) bond motifs is 1. The number of carbonyl (C=O) groups excluding carboxylic acids is 1. The van der Waals surface area contributed by atoms with Gasteiger partial charge in [-0.1, -0.05) is 40.8 Å². The summed E-state index contributed by atoms with van der Waals surface area (Å²) >= 11 is 2.90. The Balaban J connectivity index is 1.67. The molecule has 0 atom stereocenters. The molecule has 1 N–H and O–H groups in total. The van der Waals surface area contributed by atoms with Crippen LogP contribution in [0.1, 0.15) is 11.1 Å². The molecule has 0 radical (unpaired) electrons. The normalized spacial score (nSPS) is 10.8. The summed E-state index contributed by atoms with van der Waals surface area (Å²) in [6, 6.07) is 5.93. The smallest absolute Gasteiger partial charge is 0.230 e. The monoisotopic (exact) mass is 345 g/mol. The quantitative estimate of drug-likeness (QED) is 0.415. The van der Waals surface area contributed by atoms with Crippen LogP contribution in [0.4, 0.5) is 5.13 Å². The molecule has 118 valence electrons. The number of thioether (sulfide) groups is 1. The lowest BCUT2D eigenvalue weighted by Gasteiger charge is -2.00. The van der Waals surface area contributed by atoms with Gasteiger partial charge in [-0.15, -0.1) is 16.8 Å². The number of anilines is 1. The average Bonchev–Trinajstić information content (AvgIpc) is 3.12. The highest BCUT2D eigenvalue weighted by Crippen LogP contribution is 2.26. The zero-order valence-corrected chi connectivity index (χ0v) is 14.2. The second-order valence-corrected chi connectivity index (χ2v) is 7.20. The largest absolute Gasteiger partial charge is 0.464 e. The first-order valence-corrected chi connectivity index (χ1v) is 8.79. The third-order valence-corrected chi connectivity index (χ3v) is 5.11. The SMILES string of the molecule is C=CCSc1nnc(NC(=O)Cc2coc3ccc(C)cc23)s1. The summed E-state index contributed by atoms with van der Waals surface area (Å²) in [7, 11) is 0. The molecule has 23 heavy (non-hydrogen) atoms. The number of amides is 1. The van der Waals surface area contributed by atoms with E-state index in [-0.39, 0.29) is 12.3 Å². The molecule has 0 spiro atoms. The molecule has 0 saturated heterocycles. The predicted octanol–water partition coefficient (Wildman–Crippen LogP) is 4.05. The Bertz CT molecular complexity index is 854. The molecule has 0 fully saturated rings. The number of hydrogen-bond donors (Lipinski definition) is 1. The second kappa shape index (κ2) is 6.97. The number of nitrogens with zero attached hydrogens (tertiary/aromatic N) is 2. The maximum Gasteiger partial charge on any atom is 0.230 e. The fraction of sp³-hybridized carbons (Fsp3) is 0.188. The maximum atomic E-state index is 12.2. The highest BCUT2D eigenvalue weighted by atomic mass is 32.2. The Morgan fingerprint density at radius 1 is 1.48 bits per heavy atom. The van der Waals surface area contributed by atoms with Crippen LogP contribution in [0, 0.1) is 6.92 Å². The molecule has 0 aliphatic carbocycles. The summed E-state index contributed by atoms with van der Waals surface area (Å²) < 4.78 is 6.30. The van der Waals surface area contributed by atoms with Gasteiger partial charge in [0.15, 0.2) is 4.34 Å². The van der Waals surface area contributed by atoms with Crippen molar-refractivity contribution in [3.63, 3.8) is 0 Å². The molecule has 2 heterocycles. The van der Waals surface area contributed by atoms with Crippen LogP contribution in [0.3, 0.4) is 0 Å². The van der Waals surface area contributed by atoms with Crippen LogP contribution in [0.25, 0.3) is 11.0 Å². The number of carbonyl (C=O) groups is 1. The van der Waals surface area contributed by atoms with Crippen LogP contribution < -0.4 is 5.32 Å². The molecule has 2 aromatic heterocycles. The van der Waals surface area contributed by atoms with Gasteiger partial charge >= 0.3 is 0 Å². The molecule has 1 aromatic carbocycles. The topological polar surface area (TPSA) is 68.0 Å². The zero-order valence-electron chi connectivity index (χ0n) is 12.5. The number of benzene rings is 1. The van der Waals surface area contributed by atoms with Gasteiger partial charge in [-0.3, -0.25) is 4.79 Å². The summed E-state index contributed by atoms with van der Waals surface area (Å²) in [4.78, 5) is 12.2. The fourth-order valence-electron chi connectivity index (χ4n) is 2.12. The van der Waals surface area contributed by atoms with Crippen molar-refractivity contribution in [2.45, 2.75) is 17.7 Å². The molecule has 3 aromatic rings. The molecule has 7 heteroatoms. The number of furan rings is 1. The van der Waals surface area contributed by atoms with Crippen molar-refractivity contribution in [1.29, 1.82) is 0 Å². The minimum atomic E-state index is -0.134. The third kappa shape index (κ3) is 3.80. The molecule has 1 amide bonds. The van der Waals surface area contributed by atoms with Crippen molar-refractivity contribution in [3.8, 4) is 0 Å². The zero-order chi connectivity index (χ0) is 16.2. The highest BCUT2D eigenvalue weighted by Gasteiger charge is 2.13. The first-order chi connectivity index (χ1) is 11.2. The number of rotatable bonds is 6. The minimum Gasteiger partial charge on any atom is -0.464 e. The fourth-order valence-corrected chi connectivity index (χ4v) is 3.65. The maximum absolute atomic E-state index is 12.2. The number of aromatic nitrogens is 2. The standard InChI is InChI=1S/C16H15N3O2S2/c1-3-6-22-16-19-18-15(23-16)17-14(20)8-11-9-21-13-5-4-10(2)7-12(11)13/h3-5,7,9H,1,6,8H2,2H3,(H,17,18,20). The lowest BCUT2D eigenvalue weighted by Crippen LogP contribution is -2.14. The lowest BCUT2D eigenvalue weighted by molar-refractivity contribution is -0.115. The van der Waals surface area contributed by atoms with Gasteiger partial charge in [-0.05, 0) is 19.1 Å². The molecule has 3 rings (SSSR count). The first-order valence-electron chi connectivity index (χ1n) is 6.99. The van der Waals surface area contributed by atoms with E-state index in [9.17, 15) is 4.79 Å². The van der Waals surface area contributed by atoms with E-state index in [1.165, 1.54) is 23.1 Å². The van der Waals surface area contributed by atoms with Crippen LogP contribution in [0.15, 0.2) is 45.9 Å². The Kier molecular flexibility index (Phi) is 4.78. The molecule has 5 nitrogen and oxygen atoms in total. The summed E-state index contributed by atoms with van der Waals surface area (Å²) in [5, 5.41) is 12.2. The van der Waals surface area contributed by atoms with Crippen molar-refractivity contribution in [2.75, 3.05) is 11.1 Å². The molecule has 0 aliphatic rings. The van der Waals surface area contributed by atoms with Crippen LogP contribution in [-0.2, 0) is 11.2 Å². The second-order valence-electron chi connectivity index (χ2n) is 4.96. The molecule has 0 unspecified atom stereocenters. The Morgan fingerprint density at radius 3 is 3.17 bits per heavy atom. The predicted molar refractivity (Wildman–Crippen MR) is 94.1 cm³/mol. The van der Waals surface area contributed by atoms with Crippen molar-refractivity contribution in [1.82, 2.24) is 10.2 Å². The van der Waals surface area contributed by atoms with E-state index in [1.54, 1.807) is 12.3 Å². The lowest BCUT2D eigenvalue weighted by atomic mass is 10.1. The summed E-state index contributed by atoms with van der Waals surface area (Å²) in [6.45, 7) is 5.67. The summed E-state index contributed by atoms with van der Waals surface area (Å²) in [5.74, 6) is 0.633. The summed E-state index contributed by atoms with van der Waals surface area (Å²) in [5.41, 5.74) is 2.79. The Hall–Kier alpha value is -2.12. The third-order valence-electron chi connectivity index (χ3n) is 3.14. The van der Waals surface area contributed by atoms with Gasteiger partial charge in [0.2, 0.25) is 11.0 Å². The Morgan fingerprint density at radius 2 is 2.35 bits per heavy atom. The van der Waals surface area contributed by atoms with E-state index in [0.717, 1.165) is 32.2 Å². The van der Waals surface area contributed by atoms with Crippen LogP contribution in [0.2, 0.25) is 0 Å². The Labute approximate surface area is 141 Å². The van der Waals surface area contributed by atoms with Crippen molar-refractivity contribution >= 4 is 45.1 Å². The average molecular weight is 345 g/mol. The van der Waals surface area contributed by atoms with Crippen LogP contribution in [0.5, 0.6) is 0 Å². The van der Waals surface area contributed by atoms with E-state index in [1.807, 2.05) is 25.1 Å². The number of aryl methyl sites for hydroxylation is 1. The van der Waals surface area contributed by atoms with Gasteiger partial charge in [-0.25, -0.2) is 0 Å². The van der Waals surface area contributed by atoms with Crippen LogP contribution >= 0.6 is 23.1 Å². The van der Waals surface area contributed by atoms with E-state index < -0.39 is 0 Å². The highest BCUT2D eigenvalue weighted by molar-refractivity contribution is 8.01. The summed E-state index contributed by atoms with van der Waals surface area (Å²) in [6.07, 6.45) is 3.68. The van der Waals surface area contributed by atoms with Gasteiger partial charge in [-0.2, -0.15) is 0 Å². The molecular weight excluding hydrogens is 330 g/mol. The van der Waals surface area contributed by atoms with E-state index >= 15 is 0 Å². The van der Waals surface area contributed by atoms with Gasteiger partial charge in [0.1, 0.15) is 5.58 Å². The van der Waals surface area contributed by atoms with Gasteiger partial charge in [0, 0.05) is 16.7 Å². The molecule has 0 saturated carbocycles.